The van der Waals surface area contributed by atoms with Gasteiger partial charge in [-0.25, -0.2) is 0 Å². The molecule has 1 heterocycles. The summed E-state index contributed by atoms with van der Waals surface area (Å²) in [5.74, 6) is -0.448. The fourth-order valence-corrected chi connectivity index (χ4v) is 2.70. The lowest BCUT2D eigenvalue weighted by atomic mass is 9.90. The highest BCUT2D eigenvalue weighted by molar-refractivity contribution is 6.12. The lowest BCUT2D eigenvalue weighted by molar-refractivity contribution is -0.132. The number of fused-ring (bicyclic) bond motifs is 1. The standard InChI is InChI=1S/C16H14O3/c1-10(17)16(11(2)18)15(19-16)14-9-5-7-12-6-3-4-8-13(12)14/h3-9,15H,1-2H3. The molecule has 3 rings (SSSR count). The molecule has 1 saturated heterocycles. The molecule has 0 aliphatic carbocycles. The molecule has 1 fully saturated rings. The van der Waals surface area contributed by atoms with Crippen molar-refractivity contribution in [1.82, 2.24) is 0 Å². The minimum atomic E-state index is -1.26. The van der Waals surface area contributed by atoms with Gasteiger partial charge in [-0.3, -0.25) is 9.59 Å². The molecule has 2 aromatic carbocycles. The summed E-state index contributed by atoms with van der Waals surface area (Å²) in [7, 11) is 0. The normalized spacial score (nSPS) is 20.2. The Morgan fingerprint density at radius 2 is 1.63 bits per heavy atom. The molecule has 19 heavy (non-hydrogen) atoms. The number of carbonyl (C=O) groups excluding carboxylic acids is 2. The monoisotopic (exact) mass is 254 g/mol. The molecule has 1 aliphatic rings. The average Bonchev–Trinajstić information content (AvgIpc) is 3.15. The largest absolute Gasteiger partial charge is 0.344 e. The van der Waals surface area contributed by atoms with Crippen LogP contribution in [0, 0.1) is 0 Å². The Morgan fingerprint density at radius 3 is 2.26 bits per heavy atom. The summed E-state index contributed by atoms with van der Waals surface area (Å²) >= 11 is 0. The topological polar surface area (TPSA) is 46.7 Å². The third-order valence-corrected chi connectivity index (χ3v) is 3.77. The van der Waals surface area contributed by atoms with Gasteiger partial charge in [0.1, 0.15) is 6.10 Å². The van der Waals surface area contributed by atoms with Gasteiger partial charge in [0, 0.05) is 0 Å². The molecule has 0 bridgehead atoms. The number of epoxide rings is 1. The van der Waals surface area contributed by atoms with Gasteiger partial charge in [0.2, 0.25) is 5.60 Å². The highest BCUT2D eigenvalue weighted by Crippen LogP contribution is 2.52. The Balaban J connectivity index is 2.13. The third kappa shape index (κ3) is 1.62. The Labute approximate surface area is 111 Å². The SMILES string of the molecule is CC(=O)C1(C(C)=O)OC1c1cccc2ccccc12. The lowest BCUT2D eigenvalue weighted by Crippen LogP contribution is -2.31. The molecule has 3 nitrogen and oxygen atoms in total. The second-order valence-electron chi connectivity index (χ2n) is 4.91. The van der Waals surface area contributed by atoms with E-state index in [0.29, 0.717) is 0 Å². The van der Waals surface area contributed by atoms with E-state index in [2.05, 4.69) is 0 Å². The number of ether oxygens (including phenoxy) is 1. The first-order chi connectivity index (χ1) is 9.07. The Morgan fingerprint density at radius 1 is 1.00 bits per heavy atom. The van der Waals surface area contributed by atoms with Crippen LogP contribution in [0.5, 0.6) is 0 Å². The Bertz CT molecular complexity index is 668. The van der Waals surface area contributed by atoms with Crippen molar-refractivity contribution < 1.29 is 14.3 Å². The Hall–Kier alpha value is -2.00. The zero-order valence-electron chi connectivity index (χ0n) is 10.8. The van der Waals surface area contributed by atoms with Crippen LogP contribution in [-0.2, 0) is 14.3 Å². The van der Waals surface area contributed by atoms with Crippen LogP contribution in [0.25, 0.3) is 10.8 Å². The van der Waals surface area contributed by atoms with Crippen LogP contribution in [0.1, 0.15) is 25.5 Å². The van der Waals surface area contributed by atoms with Gasteiger partial charge in [0.25, 0.3) is 0 Å². The summed E-state index contributed by atoms with van der Waals surface area (Å²) in [4.78, 5) is 23.5. The van der Waals surface area contributed by atoms with Gasteiger partial charge in [0.05, 0.1) is 0 Å². The molecule has 96 valence electrons. The number of benzene rings is 2. The summed E-state index contributed by atoms with van der Waals surface area (Å²) in [6.45, 7) is 2.82. The molecular formula is C16H14O3. The van der Waals surface area contributed by atoms with Gasteiger partial charge in [-0.05, 0) is 30.2 Å². The third-order valence-electron chi connectivity index (χ3n) is 3.77. The molecule has 0 saturated carbocycles. The summed E-state index contributed by atoms with van der Waals surface area (Å²) in [6, 6.07) is 13.7. The maximum absolute atomic E-state index is 11.7. The highest BCUT2D eigenvalue weighted by atomic mass is 16.6. The molecule has 0 aromatic heterocycles. The number of hydrogen-bond acceptors (Lipinski definition) is 3. The fourth-order valence-electron chi connectivity index (χ4n) is 2.70. The molecule has 0 spiro atoms. The van der Waals surface area contributed by atoms with Crippen LogP contribution in [0.2, 0.25) is 0 Å². The van der Waals surface area contributed by atoms with E-state index in [9.17, 15) is 9.59 Å². The summed E-state index contributed by atoms with van der Waals surface area (Å²) in [6.07, 6.45) is -0.450. The van der Waals surface area contributed by atoms with Crippen molar-refractivity contribution in [3.63, 3.8) is 0 Å². The second-order valence-corrected chi connectivity index (χ2v) is 4.91. The van der Waals surface area contributed by atoms with Crippen LogP contribution in [-0.4, -0.2) is 17.2 Å². The minimum Gasteiger partial charge on any atom is -0.344 e. The van der Waals surface area contributed by atoms with E-state index in [-0.39, 0.29) is 11.6 Å². The molecule has 1 atom stereocenters. The summed E-state index contributed by atoms with van der Waals surface area (Å²) in [5, 5.41) is 2.11. The molecular weight excluding hydrogens is 240 g/mol. The molecule has 1 unspecified atom stereocenters. The number of carbonyl (C=O) groups is 2. The first kappa shape index (κ1) is 12.1. The Kier molecular flexibility index (Phi) is 2.54. The van der Waals surface area contributed by atoms with Gasteiger partial charge in [0.15, 0.2) is 11.6 Å². The quantitative estimate of drug-likeness (QED) is 0.625. The predicted molar refractivity (Wildman–Crippen MR) is 71.9 cm³/mol. The maximum Gasteiger partial charge on any atom is 0.214 e. The minimum absolute atomic E-state index is 0.224. The molecule has 0 radical (unpaired) electrons. The van der Waals surface area contributed by atoms with Crippen molar-refractivity contribution >= 4 is 22.3 Å². The molecule has 1 aliphatic heterocycles. The van der Waals surface area contributed by atoms with E-state index >= 15 is 0 Å². The van der Waals surface area contributed by atoms with Crippen LogP contribution in [0.3, 0.4) is 0 Å². The smallest absolute Gasteiger partial charge is 0.214 e. The lowest BCUT2D eigenvalue weighted by Gasteiger charge is -2.07. The zero-order valence-corrected chi connectivity index (χ0v) is 10.8. The molecule has 2 aromatic rings. The molecule has 3 heteroatoms. The number of rotatable bonds is 3. The van der Waals surface area contributed by atoms with E-state index in [0.717, 1.165) is 16.3 Å². The van der Waals surface area contributed by atoms with E-state index in [1.807, 2.05) is 42.5 Å². The number of hydrogen-bond donors (Lipinski definition) is 0. The van der Waals surface area contributed by atoms with Crippen molar-refractivity contribution in [2.24, 2.45) is 0 Å². The van der Waals surface area contributed by atoms with E-state index in [1.165, 1.54) is 13.8 Å². The van der Waals surface area contributed by atoms with Gasteiger partial charge in [-0.15, -0.1) is 0 Å². The van der Waals surface area contributed by atoms with Crippen LogP contribution >= 0.6 is 0 Å². The van der Waals surface area contributed by atoms with Crippen molar-refractivity contribution in [1.29, 1.82) is 0 Å². The van der Waals surface area contributed by atoms with Crippen LogP contribution in [0.4, 0.5) is 0 Å². The van der Waals surface area contributed by atoms with Crippen molar-refractivity contribution in [2.45, 2.75) is 25.6 Å². The van der Waals surface area contributed by atoms with Crippen molar-refractivity contribution in [3.05, 3.63) is 48.0 Å². The second kappa shape index (κ2) is 4.00. The summed E-state index contributed by atoms with van der Waals surface area (Å²) in [5.41, 5.74) is -0.354. The highest BCUT2D eigenvalue weighted by Gasteiger charge is 2.65. The zero-order chi connectivity index (χ0) is 13.6. The van der Waals surface area contributed by atoms with Crippen LogP contribution in [0.15, 0.2) is 42.5 Å². The van der Waals surface area contributed by atoms with Gasteiger partial charge in [-0.2, -0.15) is 0 Å². The predicted octanol–water partition coefficient (Wildman–Crippen LogP) is 2.83. The number of ketones is 2. The van der Waals surface area contributed by atoms with Crippen LogP contribution < -0.4 is 0 Å². The van der Waals surface area contributed by atoms with Gasteiger partial charge < -0.3 is 4.74 Å². The van der Waals surface area contributed by atoms with E-state index in [1.54, 1.807) is 0 Å². The van der Waals surface area contributed by atoms with Gasteiger partial charge >= 0.3 is 0 Å². The number of Topliss-reactive ketones (excluding diaryl/α,β-unsaturated/α-hetero) is 2. The first-order valence-corrected chi connectivity index (χ1v) is 6.25. The average molecular weight is 254 g/mol. The fraction of sp³-hybridized carbons (Fsp3) is 0.250. The van der Waals surface area contributed by atoms with Crippen molar-refractivity contribution in [2.75, 3.05) is 0 Å². The van der Waals surface area contributed by atoms with Gasteiger partial charge in [-0.1, -0.05) is 42.5 Å². The first-order valence-electron chi connectivity index (χ1n) is 6.25. The summed E-state index contributed by atoms with van der Waals surface area (Å²) < 4.78 is 5.52. The van der Waals surface area contributed by atoms with E-state index in [4.69, 9.17) is 4.74 Å². The maximum atomic E-state index is 11.7. The molecule has 0 amide bonds. The van der Waals surface area contributed by atoms with Crippen molar-refractivity contribution in [3.8, 4) is 0 Å². The molecule has 0 N–H and O–H groups in total. The van der Waals surface area contributed by atoms with E-state index < -0.39 is 11.7 Å².